The Morgan fingerprint density at radius 1 is 1.17 bits per heavy atom. The molecule has 24 heavy (non-hydrogen) atoms. The zero-order chi connectivity index (χ0) is 17.2. The van der Waals surface area contributed by atoms with Crippen LogP contribution in [-0.2, 0) is 4.74 Å². The van der Waals surface area contributed by atoms with Crippen LogP contribution in [0, 0.1) is 0 Å². The van der Waals surface area contributed by atoms with Crippen molar-refractivity contribution in [2.45, 2.75) is 45.3 Å². The van der Waals surface area contributed by atoms with Gasteiger partial charge in [0.15, 0.2) is 0 Å². The molecule has 4 heteroatoms. The number of benzene rings is 1. The first kappa shape index (κ1) is 16.4. The van der Waals surface area contributed by atoms with Crippen LogP contribution in [0.25, 0.3) is 5.70 Å². The number of carbonyl (C=O) groups excluding carboxylic acids is 1. The first-order valence-corrected chi connectivity index (χ1v) is 8.27. The highest BCUT2D eigenvalue weighted by Crippen LogP contribution is 2.38. The Kier molecular flexibility index (Phi) is 4.47. The number of carbonyl (C=O) groups is 1. The number of rotatable bonds is 2. The number of amides is 1. The molecule has 126 valence electrons. The van der Waals surface area contributed by atoms with Gasteiger partial charge in [0.1, 0.15) is 11.4 Å². The summed E-state index contributed by atoms with van der Waals surface area (Å²) in [6, 6.07) is 13.7. The molecular formula is C20H23NO3. The van der Waals surface area contributed by atoms with Crippen molar-refractivity contribution in [1.82, 2.24) is 4.90 Å². The maximum Gasteiger partial charge on any atom is 0.415 e. The van der Waals surface area contributed by atoms with E-state index in [1.165, 1.54) is 0 Å². The summed E-state index contributed by atoms with van der Waals surface area (Å²) in [6.45, 7) is 5.63. The summed E-state index contributed by atoms with van der Waals surface area (Å²) in [4.78, 5) is 14.6. The molecule has 3 rings (SSSR count). The van der Waals surface area contributed by atoms with Crippen molar-refractivity contribution in [3.63, 3.8) is 0 Å². The minimum Gasteiger partial charge on any atom is -0.463 e. The first-order valence-electron chi connectivity index (χ1n) is 8.27. The standard InChI is InChI=1S/C20H23NO3/c1-20(2,3)24-19(22)21-16(15-9-5-4-6-10-15)11-7-12-17(21)18-13-8-14-23-18/h4-6,8-10,12-14,16H,7,11H2,1-3H3/t16-/m0/s1. The second-order valence-corrected chi connectivity index (χ2v) is 6.92. The molecule has 1 amide bonds. The molecule has 0 bridgehead atoms. The van der Waals surface area contributed by atoms with E-state index in [9.17, 15) is 4.79 Å². The van der Waals surface area contributed by atoms with Crippen LogP contribution in [0.15, 0.2) is 59.2 Å². The number of hydrogen-bond donors (Lipinski definition) is 0. The fraction of sp³-hybridized carbons (Fsp3) is 0.350. The summed E-state index contributed by atoms with van der Waals surface area (Å²) in [5, 5.41) is 0. The van der Waals surface area contributed by atoms with Crippen LogP contribution in [0.3, 0.4) is 0 Å². The van der Waals surface area contributed by atoms with Gasteiger partial charge in [0.05, 0.1) is 18.0 Å². The lowest BCUT2D eigenvalue weighted by atomic mass is 9.95. The van der Waals surface area contributed by atoms with Gasteiger partial charge in [-0.2, -0.15) is 0 Å². The van der Waals surface area contributed by atoms with E-state index in [1.807, 2.05) is 69.3 Å². The van der Waals surface area contributed by atoms with Gasteiger partial charge in [-0.05, 0) is 51.3 Å². The predicted octanol–water partition coefficient (Wildman–Crippen LogP) is 5.39. The topological polar surface area (TPSA) is 42.7 Å². The number of ether oxygens (including phenoxy) is 1. The van der Waals surface area contributed by atoms with Gasteiger partial charge in [-0.3, -0.25) is 4.90 Å². The van der Waals surface area contributed by atoms with Crippen LogP contribution in [-0.4, -0.2) is 16.6 Å². The van der Waals surface area contributed by atoms with Crippen molar-refractivity contribution in [2.24, 2.45) is 0 Å². The van der Waals surface area contributed by atoms with Gasteiger partial charge in [0.25, 0.3) is 0 Å². The Labute approximate surface area is 142 Å². The number of nitrogens with zero attached hydrogens (tertiary/aromatic N) is 1. The minimum atomic E-state index is -0.552. The van der Waals surface area contributed by atoms with E-state index in [-0.39, 0.29) is 12.1 Å². The van der Waals surface area contributed by atoms with Crippen molar-refractivity contribution in [2.75, 3.05) is 0 Å². The molecule has 0 aliphatic carbocycles. The molecular weight excluding hydrogens is 302 g/mol. The molecule has 0 N–H and O–H groups in total. The first-order chi connectivity index (χ1) is 11.5. The predicted molar refractivity (Wildman–Crippen MR) is 93.2 cm³/mol. The summed E-state index contributed by atoms with van der Waals surface area (Å²) in [7, 11) is 0. The van der Waals surface area contributed by atoms with Gasteiger partial charge in [0.2, 0.25) is 0 Å². The van der Waals surface area contributed by atoms with Crippen molar-refractivity contribution < 1.29 is 13.9 Å². The monoisotopic (exact) mass is 325 g/mol. The van der Waals surface area contributed by atoms with E-state index >= 15 is 0 Å². The molecule has 0 saturated heterocycles. The molecule has 0 fully saturated rings. The summed E-state index contributed by atoms with van der Waals surface area (Å²) < 4.78 is 11.2. The van der Waals surface area contributed by atoms with Crippen molar-refractivity contribution in [3.8, 4) is 0 Å². The Bertz CT molecular complexity index is 711. The largest absolute Gasteiger partial charge is 0.463 e. The van der Waals surface area contributed by atoms with Crippen molar-refractivity contribution in [1.29, 1.82) is 0 Å². The third-order valence-corrected chi connectivity index (χ3v) is 3.90. The van der Waals surface area contributed by atoms with Gasteiger partial charge in [-0.15, -0.1) is 0 Å². The summed E-state index contributed by atoms with van der Waals surface area (Å²) in [5.41, 5.74) is 1.32. The van der Waals surface area contributed by atoms with E-state index < -0.39 is 5.60 Å². The Morgan fingerprint density at radius 2 is 1.92 bits per heavy atom. The van der Waals surface area contributed by atoms with Crippen LogP contribution in [0.5, 0.6) is 0 Å². The van der Waals surface area contributed by atoms with Crippen molar-refractivity contribution in [3.05, 3.63) is 66.1 Å². The highest BCUT2D eigenvalue weighted by molar-refractivity contribution is 5.82. The second-order valence-electron chi connectivity index (χ2n) is 6.92. The summed E-state index contributed by atoms with van der Waals surface area (Å²) in [5.74, 6) is 0.682. The summed E-state index contributed by atoms with van der Waals surface area (Å²) in [6.07, 6.45) is 5.05. The molecule has 1 aromatic carbocycles. The molecule has 1 aliphatic heterocycles. The maximum atomic E-state index is 12.9. The summed E-state index contributed by atoms with van der Waals surface area (Å²) >= 11 is 0. The molecule has 4 nitrogen and oxygen atoms in total. The lowest BCUT2D eigenvalue weighted by Gasteiger charge is -2.37. The Morgan fingerprint density at radius 3 is 2.54 bits per heavy atom. The SMILES string of the molecule is CC(C)(C)OC(=O)N1C(c2ccco2)=CCC[C@H]1c1ccccc1. The third kappa shape index (κ3) is 3.53. The average Bonchev–Trinajstić information content (AvgIpc) is 3.07. The zero-order valence-corrected chi connectivity index (χ0v) is 14.4. The fourth-order valence-electron chi connectivity index (χ4n) is 2.94. The normalized spacial score (nSPS) is 18.2. The molecule has 0 saturated carbocycles. The van der Waals surface area contributed by atoms with E-state index in [4.69, 9.17) is 9.15 Å². The number of allylic oxidation sites excluding steroid dienone is 1. The number of hydrogen-bond acceptors (Lipinski definition) is 3. The van der Waals surface area contributed by atoms with Gasteiger partial charge in [0, 0.05) is 0 Å². The van der Waals surface area contributed by atoms with Crippen LogP contribution in [0.4, 0.5) is 4.79 Å². The molecule has 0 radical (unpaired) electrons. The smallest absolute Gasteiger partial charge is 0.415 e. The third-order valence-electron chi connectivity index (χ3n) is 3.90. The fourth-order valence-corrected chi connectivity index (χ4v) is 2.94. The molecule has 1 aliphatic rings. The van der Waals surface area contributed by atoms with Gasteiger partial charge < -0.3 is 9.15 Å². The quantitative estimate of drug-likeness (QED) is 0.743. The maximum absolute atomic E-state index is 12.9. The Balaban J connectivity index is 2.00. The van der Waals surface area contributed by atoms with E-state index in [0.717, 1.165) is 24.1 Å². The molecule has 1 atom stereocenters. The van der Waals surface area contributed by atoms with Gasteiger partial charge >= 0.3 is 6.09 Å². The molecule has 2 aromatic rings. The van der Waals surface area contributed by atoms with Gasteiger partial charge in [-0.1, -0.05) is 36.4 Å². The number of furan rings is 1. The minimum absolute atomic E-state index is 0.0638. The van der Waals surface area contributed by atoms with Crippen LogP contribution in [0.1, 0.15) is 51.0 Å². The highest BCUT2D eigenvalue weighted by Gasteiger charge is 2.35. The van der Waals surface area contributed by atoms with Crippen LogP contribution >= 0.6 is 0 Å². The van der Waals surface area contributed by atoms with Crippen molar-refractivity contribution >= 4 is 11.8 Å². The van der Waals surface area contributed by atoms with Gasteiger partial charge in [-0.25, -0.2) is 4.79 Å². The average molecular weight is 325 g/mol. The zero-order valence-electron chi connectivity index (χ0n) is 14.4. The molecule has 0 spiro atoms. The van der Waals surface area contributed by atoms with Crippen LogP contribution < -0.4 is 0 Å². The molecule has 2 heterocycles. The Hall–Kier alpha value is -2.49. The molecule has 0 unspecified atom stereocenters. The van der Waals surface area contributed by atoms with E-state index in [2.05, 4.69) is 0 Å². The van der Waals surface area contributed by atoms with E-state index in [0.29, 0.717) is 5.76 Å². The highest BCUT2D eigenvalue weighted by atomic mass is 16.6. The van der Waals surface area contributed by atoms with Crippen LogP contribution in [0.2, 0.25) is 0 Å². The second kappa shape index (κ2) is 6.56. The molecule has 1 aromatic heterocycles. The lowest BCUT2D eigenvalue weighted by molar-refractivity contribution is 0.0270. The lowest BCUT2D eigenvalue weighted by Crippen LogP contribution is -2.39. The van der Waals surface area contributed by atoms with E-state index in [1.54, 1.807) is 11.2 Å².